The highest BCUT2D eigenvalue weighted by atomic mass is 16.5. The van der Waals surface area contributed by atoms with Gasteiger partial charge in [-0.25, -0.2) is 14.8 Å². The summed E-state index contributed by atoms with van der Waals surface area (Å²) >= 11 is 0. The number of piperidine rings is 1. The number of amides is 4. The second-order valence-electron chi connectivity index (χ2n) is 14.1. The lowest BCUT2D eigenvalue weighted by Gasteiger charge is -2.44. The molecule has 0 spiro atoms. The summed E-state index contributed by atoms with van der Waals surface area (Å²) in [6.07, 6.45) is 1.45. The number of hydrogen-bond donors (Lipinski definition) is 2. The van der Waals surface area contributed by atoms with Crippen molar-refractivity contribution in [3.8, 4) is 0 Å². The molecule has 2 fully saturated rings. The molecule has 0 saturated carbocycles. The zero-order valence-corrected chi connectivity index (χ0v) is 29.1. The van der Waals surface area contributed by atoms with Crippen molar-refractivity contribution < 1.29 is 29.0 Å². The average molecular weight is 666 g/mol. The van der Waals surface area contributed by atoms with Crippen molar-refractivity contribution in [3.05, 3.63) is 53.5 Å². The van der Waals surface area contributed by atoms with Crippen molar-refractivity contribution in [3.63, 3.8) is 0 Å². The Balaban J connectivity index is 1.55. The van der Waals surface area contributed by atoms with E-state index < -0.39 is 18.1 Å². The van der Waals surface area contributed by atoms with Crippen molar-refractivity contribution in [1.82, 2.24) is 29.6 Å². The van der Waals surface area contributed by atoms with Gasteiger partial charge in [-0.15, -0.1) is 0 Å². The molecule has 48 heavy (non-hydrogen) atoms. The molecule has 2 aliphatic rings. The van der Waals surface area contributed by atoms with E-state index in [0.717, 1.165) is 0 Å². The van der Waals surface area contributed by atoms with E-state index in [1.54, 1.807) is 40.1 Å². The zero-order chi connectivity index (χ0) is 35.0. The minimum absolute atomic E-state index is 0.0488. The first-order chi connectivity index (χ1) is 22.8. The van der Waals surface area contributed by atoms with E-state index in [1.807, 2.05) is 52.8 Å². The van der Waals surface area contributed by atoms with Crippen LogP contribution in [0.3, 0.4) is 0 Å². The molecule has 0 unspecified atom stereocenters. The van der Waals surface area contributed by atoms with E-state index in [-0.39, 0.29) is 42.1 Å². The molecule has 1 aromatic heterocycles. The van der Waals surface area contributed by atoms with Crippen molar-refractivity contribution in [2.45, 2.75) is 58.9 Å². The van der Waals surface area contributed by atoms with Crippen LogP contribution in [0.5, 0.6) is 0 Å². The number of carbonyl (C=O) groups is 4. The molecule has 2 aliphatic heterocycles. The summed E-state index contributed by atoms with van der Waals surface area (Å²) in [6, 6.07) is 8.52. The first-order valence-electron chi connectivity index (χ1n) is 16.8. The van der Waals surface area contributed by atoms with Crippen LogP contribution in [0.4, 0.5) is 10.6 Å². The molecule has 2 aromatic rings. The topological polar surface area (TPSA) is 149 Å². The van der Waals surface area contributed by atoms with Gasteiger partial charge in [0.2, 0.25) is 5.91 Å². The Bertz CT molecular complexity index is 1420. The van der Waals surface area contributed by atoms with Crippen LogP contribution < -0.4 is 5.32 Å². The minimum atomic E-state index is -1.13. The fraction of sp³-hybridized carbons (Fsp3) is 0.600. The Morgan fingerprint density at radius 1 is 1.02 bits per heavy atom. The molecule has 3 heterocycles. The van der Waals surface area contributed by atoms with Gasteiger partial charge in [0.05, 0.1) is 12.0 Å². The van der Waals surface area contributed by atoms with Gasteiger partial charge in [-0.2, -0.15) is 0 Å². The Morgan fingerprint density at radius 3 is 2.29 bits per heavy atom. The van der Waals surface area contributed by atoms with Crippen LogP contribution in [0.2, 0.25) is 0 Å². The van der Waals surface area contributed by atoms with Crippen molar-refractivity contribution in [1.29, 1.82) is 0 Å². The van der Waals surface area contributed by atoms with Crippen LogP contribution in [0.1, 0.15) is 74.0 Å². The Morgan fingerprint density at radius 2 is 1.69 bits per heavy atom. The third-order valence-corrected chi connectivity index (χ3v) is 8.72. The SMILES string of the molecule is COCCCNc1nc(C(C)(C)C)ncc1C(=O)N(CC(C)C)[C@H]1C[C@@H](C(=O)N2CCN(C(=O)c3ccccc3)CC2)CN(C(=O)O)C1. The normalized spacial score (nSPS) is 18.5. The number of benzene rings is 1. The first kappa shape index (κ1) is 36.6. The molecular formula is C35H51N7O6. The lowest BCUT2D eigenvalue weighted by molar-refractivity contribution is -0.139. The van der Waals surface area contributed by atoms with Crippen LogP contribution >= 0.6 is 0 Å². The summed E-state index contributed by atoms with van der Waals surface area (Å²) in [7, 11) is 1.64. The number of piperazine rings is 1. The number of likely N-dealkylation sites (tertiary alicyclic amines) is 1. The van der Waals surface area contributed by atoms with Crippen LogP contribution in [0, 0.1) is 11.8 Å². The van der Waals surface area contributed by atoms with E-state index >= 15 is 0 Å². The van der Waals surface area contributed by atoms with Gasteiger partial charge in [-0.3, -0.25) is 14.4 Å². The smallest absolute Gasteiger partial charge is 0.407 e. The number of rotatable bonds is 11. The van der Waals surface area contributed by atoms with Gasteiger partial charge < -0.3 is 34.8 Å². The fourth-order valence-electron chi connectivity index (χ4n) is 6.19. The standard InChI is InChI=1S/C35H51N7O6/c1-24(2)21-42(32(45)28-20-37-33(35(3,4)5)38-29(28)36-13-10-18-48-6)27-19-26(22-41(23-27)34(46)47)31(44)40-16-14-39(15-17-40)30(43)25-11-8-7-9-12-25/h7-9,11-12,20,24,26-27H,10,13-19,21-23H2,1-6H3,(H,46,47)(H,36,37,38)/t26-,27+/m1/s1. The Kier molecular flexibility index (Phi) is 12.4. The molecule has 13 nitrogen and oxygen atoms in total. The van der Waals surface area contributed by atoms with E-state index in [2.05, 4.69) is 10.3 Å². The summed E-state index contributed by atoms with van der Waals surface area (Å²) in [5.74, 6) is -0.0903. The number of aromatic nitrogens is 2. The highest BCUT2D eigenvalue weighted by molar-refractivity contribution is 5.99. The number of methoxy groups -OCH3 is 1. The van der Waals surface area contributed by atoms with Gasteiger partial charge in [-0.1, -0.05) is 52.8 Å². The quantitative estimate of drug-likeness (QED) is 0.343. The van der Waals surface area contributed by atoms with Crippen LogP contribution in [-0.4, -0.2) is 131 Å². The summed E-state index contributed by atoms with van der Waals surface area (Å²) in [4.78, 5) is 69.3. The van der Waals surface area contributed by atoms with Crippen LogP contribution in [0.25, 0.3) is 0 Å². The lowest BCUT2D eigenvalue weighted by Crippen LogP contribution is -2.59. The molecule has 13 heteroatoms. The Labute approximate surface area is 283 Å². The summed E-state index contributed by atoms with van der Waals surface area (Å²) < 4.78 is 5.18. The first-order valence-corrected chi connectivity index (χ1v) is 16.8. The van der Waals surface area contributed by atoms with E-state index in [9.17, 15) is 24.3 Å². The van der Waals surface area contributed by atoms with Gasteiger partial charge in [0.25, 0.3) is 11.8 Å². The average Bonchev–Trinajstić information content (AvgIpc) is 3.07. The summed E-state index contributed by atoms with van der Waals surface area (Å²) in [5.41, 5.74) is 0.559. The third kappa shape index (κ3) is 9.21. The maximum Gasteiger partial charge on any atom is 0.407 e. The highest BCUT2D eigenvalue weighted by Crippen LogP contribution is 2.28. The van der Waals surface area contributed by atoms with Gasteiger partial charge >= 0.3 is 6.09 Å². The molecular weight excluding hydrogens is 614 g/mol. The third-order valence-electron chi connectivity index (χ3n) is 8.72. The van der Waals surface area contributed by atoms with Crippen LogP contribution in [0.15, 0.2) is 36.5 Å². The number of nitrogens with one attached hydrogen (secondary N) is 1. The molecule has 2 N–H and O–H groups in total. The number of nitrogens with zero attached hydrogens (tertiary/aromatic N) is 6. The number of anilines is 1. The molecule has 4 rings (SSSR count). The molecule has 2 saturated heterocycles. The maximum atomic E-state index is 14.4. The van der Waals surface area contributed by atoms with Crippen molar-refractivity contribution >= 4 is 29.6 Å². The zero-order valence-electron chi connectivity index (χ0n) is 29.1. The fourth-order valence-corrected chi connectivity index (χ4v) is 6.19. The number of hydrogen-bond acceptors (Lipinski definition) is 8. The second-order valence-corrected chi connectivity index (χ2v) is 14.1. The van der Waals surface area contributed by atoms with E-state index in [0.29, 0.717) is 81.5 Å². The molecule has 4 amide bonds. The predicted octanol–water partition coefficient (Wildman–Crippen LogP) is 3.67. The molecule has 2 atom stereocenters. The van der Waals surface area contributed by atoms with E-state index in [4.69, 9.17) is 9.72 Å². The van der Waals surface area contributed by atoms with Crippen molar-refractivity contribution in [2.24, 2.45) is 11.8 Å². The maximum absolute atomic E-state index is 14.4. The number of ether oxygens (including phenoxy) is 1. The number of carboxylic acid groups (broad SMARTS) is 1. The largest absolute Gasteiger partial charge is 0.465 e. The minimum Gasteiger partial charge on any atom is -0.465 e. The molecule has 0 radical (unpaired) electrons. The van der Waals surface area contributed by atoms with Gasteiger partial charge in [0.1, 0.15) is 17.2 Å². The summed E-state index contributed by atoms with van der Waals surface area (Å²) in [6.45, 7) is 13.1. The Hall–Kier alpha value is -4.26. The molecule has 0 bridgehead atoms. The number of carbonyl (C=O) groups excluding carboxylic acids is 3. The molecule has 262 valence electrons. The molecule has 0 aliphatic carbocycles. The van der Waals surface area contributed by atoms with Gasteiger partial charge in [-0.05, 0) is 30.9 Å². The lowest BCUT2D eigenvalue weighted by atomic mass is 9.91. The van der Waals surface area contributed by atoms with Crippen LogP contribution in [-0.2, 0) is 14.9 Å². The van der Waals surface area contributed by atoms with Crippen molar-refractivity contribution in [2.75, 3.05) is 71.4 Å². The second kappa shape index (κ2) is 16.2. The van der Waals surface area contributed by atoms with Gasteiger partial charge in [0.15, 0.2) is 0 Å². The van der Waals surface area contributed by atoms with E-state index in [1.165, 1.54) is 4.90 Å². The van der Waals surface area contributed by atoms with Gasteiger partial charge in [0, 0.05) is 83.3 Å². The summed E-state index contributed by atoms with van der Waals surface area (Å²) in [5, 5.41) is 13.4. The highest BCUT2D eigenvalue weighted by Gasteiger charge is 2.41. The monoisotopic (exact) mass is 665 g/mol. The molecule has 1 aromatic carbocycles. The predicted molar refractivity (Wildman–Crippen MR) is 182 cm³/mol.